The second-order valence-corrected chi connectivity index (χ2v) is 4.80. The molecule has 5 nitrogen and oxygen atoms in total. The van der Waals surface area contributed by atoms with Gasteiger partial charge in [-0.25, -0.2) is 13.1 Å². The number of carboxylic acids is 1. The van der Waals surface area contributed by atoms with Gasteiger partial charge in [-0.15, -0.1) is 6.58 Å². The third-order valence-electron chi connectivity index (χ3n) is 1.55. The fraction of sp³-hybridized carbons (Fsp3) is 0.625. The van der Waals surface area contributed by atoms with E-state index in [4.69, 9.17) is 5.11 Å². The summed E-state index contributed by atoms with van der Waals surface area (Å²) in [6, 6.07) is -1.08. The monoisotopic (exact) mass is 221 g/mol. The van der Waals surface area contributed by atoms with Crippen LogP contribution in [0, 0.1) is 0 Å². The van der Waals surface area contributed by atoms with Gasteiger partial charge in [-0.3, -0.25) is 4.79 Å². The molecule has 0 unspecified atom stereocenters. The van der Waals surface area contributed by atoms with Crippen molar-refractivity contribution >= 4 is 16.0 Å². The molecule has 0 aromatic carbocycles. The minimum absolute atomic E-state index is 0.0728. The second-order valence-electron chi connectivity index (χ2n) is 2.93. The summed E-state index contributed by atoms with van der Waals surface area (Å²) in [6.45, 7) is 4.75. The summed E-state index contributed by atoms with van der Waals surface area (Å²) in [6.07, 6.45) is 2.67. The van der Waals surface area contributed by atoms with Crippen LogP contribution in [0.4, 0.5) is 0 Å². The summed E-state index contributed by atoms with van der Waals surface area (Å²) in [5, 5.41) is 8.47. The third-order valence-corrected chi connectivity index (χ3v) is 3.09. The molecular formula is C8H15NO4S. The van der Waals surface area contributed by atoms with E-state index in [1.54, 1.807) is 6.08 Å². The van der Waals surface area contributed by atoms with Gasteiger partial charge in [-0.2, -0.15) is 0 Å². The van der Waals surface area contributed by atoms with Gasteiger partial charge in [-0.1, -0.05) is 6.08 Å². The number of carboxylic acid groups (broad SMARTS) is 1. The number of sulfonamides is 1. The molecule has 2 N–H and O–H groups in total. The Morgan fingerprint density at radius 2 is 2.21 bits per heavy atom. The van der Waals surface area contributed by atoms with E-state index in [0.717, 1.165) is 0 Å². The fourth-order valence-corrected chi connectivity index (χ4v) is 2.10. The quantitative estimate of drug-likeness (QED) is 0.480. The van der Waals surface area contributed by atoms with E-state index < -0.39 is 22.0 Å². The highest BCUT2D eigenvalue weighted by Crippen LogP contribution is 1.96. The van der Waals surface area contributed by atoms with Crippen LogP contribution in [0.2, 0.25) is 0 Å². The number of nitrogens with one attached hydrogen (secondary N) is 1. The summed E-state index contributed by atoms with van der Waals surface area (Å²) < 4.78 is 24.5. The molecule has 1 atom stereocenters. The van der Waals surface area contributed by atoms with Gasteiger partial charge >= 0.3 is 5.97 Å². The first-order valence-corrected chi connectivity index (χ1v) is 5.88. The SMILES string of the molecule is C=CCCCS(=O)(=O)N[C@H](C)C(=O)O. The van der Waals surface area contributed by atoms with Crippen molar-refractivity contribution in [3.8, 4) is 0 Å². The van der Waals surface area contributed by atoms with Gasteiger partial charge in [0, 0.05) is 0 Å². The molecule has 0 amide bonds. The van der Waals surface area contributed by atoms with Crippen LogP contribution in [0.15, 0.2) is 12.7 Å². The molecule has 6 heteroatoms. The Kier molecular flexibility index (Phi) is 5.40. The molecule has 0 fully saturated rings. The van der Waals surface area contributed by atoms with Gasteiger partial charge in [0.1, 0.15) is 6.04 Å². The van der Waals surface area contributed by atoms with E-state index in [9.17, 15) is 13.2 Å². The zero-order valence-corrected chi connectivity index (χ0v) is 8.88. The molecule has 0 saturated heterocycles. The summed E-state index contributed by atoms with van der Waals surface area (Å²) in [5.74, 6) is -1.26. The van der Waals surface area contributed by atoms with Crippen molar-refractivity contribution in [2.75, 3.05) is 5.75 Å². The smallest absolute Gasteiger partial charge is 0.321 e. The third kappa shape index (κ3) is 5.71. The molecule has 14 heavy (non-hydrogen) atoms. The average molecular weight is 221 g/mol. The highest BCUT2D eigenvalue weighted by atomic mass is 32.2. The van der Waals surface area contributed by atoms with Gasteiger partial charge < -0.3 is 5.11 Å². The highest BCUT2D eigenvalue weighted by Gasteiger charge is 2.18. The number of hydrogen-bond donors (Lipinski definition) is 2. The van der Waals surface area contributed by atoms with Crippen molar-refractivity contribution in [2.24, 2.45) is 0 Å². The van der Waals surface area contributed by atoms with Crippen molar-refractivity contribution in [3.05, 3.63) is 12.7 Å². The van der Waals surface area contributed by atoms with E-state index in [1.807, 2.05) is 0 Å². The number of allylic oxidation sites excluding steroid dienone is 1. The summed E-state index contributed by atoms with van der Waals surface area (Å²) in [5.41, 5.74) is 0. The average Bonchev–Trinajstić information content (AvgIpc) is 2.03. The van der Waals surface area contributed by atoms with Crippen molar-refractivity contribution in [1.29, 1.82) is 0 Å². The Balaban J connectivity index is 4.07. The molecule has 0 aromatic heterocycles. The Hall–Kier alpha value is -0.880. The van der Waals surface area contributed by atoms with Gasteiger partial charge in [0.25, 0.3) is 0 Å². The molecule has 0 saturated carbocycles. The minimum Gasteiger partial charge on any atom is -0.480 e. The van der Waals surface area contributed by atoms with E-state index in [1.165, 1.54) is 6.92 Å². The molecule has 0 aromatic rings. The lowest BCUT2D eigenvalue weighted by atomic mass is 10.3. The van der Waals surface area contributed by atoms with Crippen LogP contribution in [0.25, 0.3) is 0 Å². The highest BCUT2D eigenvalue weighted by molar-refractivity contribution is 7.89. The molecule has 0 spiro atoms. The van der Waals surface area contributed by atoms with Crippen LogP contribution < -0.4 is 4.72 Å². The standard InChI is InChI=1S/C8H15NO4S/c1-3-4-5-6-14(12,13)9-7(2)8(10)11/h3,7,9H,1,4-6H2,2H3,(H,10,11)/t7-/m1/s1. The first kappa shape index (κ1) is 13.1. The van der Waals surface area contributed by atoms with Crippen molar-refractivity contribution < 1.29 is 18.3 Å². The van der Waals surface area contributed by atoms with Gasteiger partial charge in [0.2, 0.25) is 10.0 Å². The maximum atomic E-state index is 11.2. The Morgan fingerprint density at radius 1 is 1.64 bits per heavy atom. The van der Waals surface area contributed by atoms with Crippen LogP contribution in [0.3, 0.4) is 0 Å². The molecule has 0 heterocycles. The zero-order valence-electron chi connectivity index (χ0n) is 8.06. The van der Waals surface area contributed by atoms with E-state index >= 15 is 0 Å². The van der Waals surface area contributed by atoms with Crippen LogP contribution in [-0.2, 0) is 14.8 Å². The number of unbranched alkanes of at least 4 members (excludes halogenated alkanes) is 1. The molecule has 0 aliphatic carbocycles. The summed E-state index contributed by atoms with van der Waals surface area (Å²) in [7, 11) is -3.48. The second kappa shape index (κ2) is 5.77. The predicted molar refractivity (Wildman–Crippen MR) is 53.5 cm³/mol. The summed E-state index contributed by atoms with van der Waals surface area (Å²) in [4.78, 5) is 10.4. The number of carbonyl (C=O) groups is 1. The predicted octanol–water partition coefficient (Wildman–Crippen LogP) is 0.345. The molecule has 0 aliphatic heterocycles. The normalized spacial score (nSPS) is 13.5. The van der Waals surface area contributed by atoms with Crippen molar-refractivity contribution in [3.63, 3.8) is 0 Å². The van der Waals surface area contributed by atoms with E-state index in [0.29, 0.717) is 12.8 Å². The first-order chi connectivity index (χ1) is 6.39. The van der Waals surface area contributed by atoms with E-state index in [-0.39, 0.29) is 5.75 Å². The molecule has 0 radical (unpaired) electrons. The minimum atomic E-state index is -3.48. The Morgan fingerprint density at radius 3 is 2.64 bits per heavy atom. The maximum absolute atomic E-state index is 11.2. The lowest BCUT2D eigenvalue weighted by Gasteiger charge is -2.09. The lowest BCUT2D eigenvalue weighted by molar-refractivity contribution is -0.138. The van der Waals surface area contributed by atoms with Crippen LogP contribution in [-0.4, -0.2) is 31.3 Å². The zero-order chi connectivity index (χ0) is 11.2. The number of rotatable bonds is 7. The lowest BCUT2D eigenvalue weighted by Crippen LogP contribution is -2.39. The molecule has 0 aliphatic rings. The van der Waals surface area contributed by atoms with Gasteiger partial charge in [-0.05, 0) is 19.8 Å². The van der Waals surface area contributed by atoms with E-state index in [2.05, 4.69) is 11.3 Å². The summed E-state index contributed by atoms with van der Waals surface area (Å²) >= 11 is 0. The van der Waals surface area contributed by atoms with Crippen LogP contribution in [0.5, 0.6) is 0 Å². The molecule has 0 bridgehead atoms. The largest absolute Gasteiger partial charge is 0.480 e. The Bertz CT molecular complexity index is 296. The molecule has 0 rings (SSSR count). The van der Waals surface area contributed by atoms with Crippen LogP contribution >= 0.6 is 0 Å². The molecule has 82 valence electrons. The number of hydrogen-bond acceptors (Lipinski definition) is 3. The number of aliphatic carboxylic acids is 1. The fourth-order valence-electron chi connectivity index (χ4n) is 0.796. The van der Waals surface area contributed by atoms with Crippen molar-refractivity contribution in [2.45, 2.75) is 25.8 Å². The topological polar surface area (TPSA) is 83.5 Å². The van der Waals surface area contributed by atoms with Gasteiger partial charge in [0.15, 0.2) is 0 Å². The molecular weight excluding hydrogens is 206 g/mol. The van der Waals surface area contributed by atoms with Crippen LogP contribution in [0.1, 0.15) is 19.8 Å². The van der Waals surface area contributed by atoms with Crippen molar-refractivity contribution in [1.82, 2.24) is 4.72 Å². The maximum Gasteiger partial charge on any atom is 0.321 e. The Labute approximate surface area is 83.9 Å². The first-order valence-electron chi connectivity index (χ1n) is 4.23. The van der Waals surface area contributed by atoms with Gasteiger partial charge in [0.05, 0.1) is 5.75 Å².